The summed E-state index contributed by atoms with van der Waals surface area (Å²) in [6.45, 7) is 4.29. The van der Waals surface area contributed by atoms with Crippen LogP contribution in [-0.2, 0) is 6.54 Å². The molecular formula is C15H23NO2. The minimum absolute atomic E-state index is 0.271. The quantitative estimate of drug-likeness (QED) is 0.807. The summed E-state index contributed by atoms with van der Waals surface area (Å²) in [6, 6.07) is 4.14. The Morgan fingerprint density at radius 3 is 2.28 bits per heavy atom. The van der Waals surface area contributed by atoms with Crippen LogP contribution in [-0.4, -0.2) is 11.1 Å². The van der Waals surface area contributed by atoms with Crippen molar-refractivity contribution in [1.82, 2.24) is 0 Å². The number of benzene rings is 1. The van der Waals surface area contributed by atoms with Crippen LogP contribution in [0.15, 0.2) is 12.1 Å². The lowest BCUT2D eigenvalue weighted by molar-refractivity contribution is -0.891. The van der Waals surface area contributed by atoms with Crippen molar-refractivity contribution in [2.24, 2.45) is 0 Å². The van der Waals surface area contributed by atoms with E-state index < -0.39 is 0 Å². The number of aryl methyl sites for hydroxylation is 2. The largest absolute Gasteiger partial charge is 0.634 e. The van der Waals surface area contributed by atoms with E-state index in [-0.39, 0.29) is 6.04 Å². The Balaban J connectivity index is 2.04. The van der Waals surface area contributed by atoms with Crippen LogP contribution in [0.5, 0.6) is 5.75 Å². The smallest absolute Gasteiger partial charge is 0.121 e. The van der Waals surface area contributed by atoms with Gasteiger partial charge in [0.25, 0.3) is 0 Å². The summed E-state index contributed by atoms with van der Waals surface area (Å²) < 4.78 is 0. The topological polar surface area (TPSA) is 47.7 Å². The monoisotopic (exact) mass is 249 g/mol. The number of phenols is 1. The highest BCUT2D eigenvalue weighted by Gasteiger charge is 2.19. The fraction of sp³-hybridized carbons (Fsp3) is 0.600. The Morgan fingerprint density at radius 1 is 1.17 bits per heavy atom. The zero-order chi connectivity index (χ0) is 13.1. The SMILES string of the molecule is Cc1cc(C[NH+]([O-])C2CCCCC2)cc(C)c1O. The molecule has 1 aromatic rings. The van der Waals surface area contributed by atoms with Crippen molar-refractivity contribution in [3.8, 4) is 5.75 Å². The molecule has 3 nitrogen and oxygen atoms in total. The van der Waals surface area contributed by atoms with Gasteiger partial charge in [-0.15, -0.1) is 0 Å². The predicted octanol–water partition coefficient (Wildman–Crippen LogP) is 2.22. The van der Waals surface area contributed by atoms with Gasteiger partial charge in [0.15, 0.2) is 0 Å². The molecule has 0 radical (unpaired) electrons. The first-order chi connectivity index (χ1) is 8.58. The third-order valence-corrected chi connectivity index (χ3v) is 3.99. The maximum absolute atomic E-state index is 12.2. The van der Waals surface area contributed by atoms with Crippen LogP contribution in [0.3, 0.4) is 0 Å². The molecule has 0 spiro atoms. The highest BCUT2D eigenvalue weighted by Crippen LogP contribution is 2.22. The summed E-state index contributed by atoms with van der Waals surface area (Å²) in [5, 5.41) is 22.3. The van der Waals surface area contributed by atoms with E-state index in [1.807, 2.05) is 26.0 Å². The molecule has 1 fully saturated rings. The molecule has 1 saturated carbocycles. The maximum Gasteiger partial charge on any atom is 0.121 e. The second-order valence-electron chi connectivity index (χ2n) is 5.56. The van der Waals surface area contributed by atoms with Crippen molar-refractivity contribution in [2.45, 2.75) is 58.5 Å². The van der Waals surface area contributed by atoms with E-state index in [4.69, 9.17) is 0 Å². The van der Waals surface area contributed by atoms with E-state index in [0.717, 1.165) is 29.5 Å². The molecule has 1 aliphatic carbocycles. The molecule has 0 aliphatic heterocycles. The average molecular weight is 249 g/mol. The van der Waals surface area contributed by atoms with Crippen LogP contribution < -0.4 is 5.06 Å². The molecule has 1 aliphatic rings. The van der Waals surface area contributed by atoms with Gasteiger partial charge in [0.1, 0.15) is 12.3 Å². The lowest BCUT2D eigenvalue weighted by Gasteiger charge is -2.34. The normalized spacial score (nSPS) is 18.8. The zero-order valence-corrected chi connectivity index (χ0v) is 11.3. The molecule has 0 aromatic heterocycles. The van der Waals surface area contributed by atoms with E-state index >= 15 is 0 Å². The molecule has 0 saturated heterocycles. The highest BCUT2D eigenvalue weighted by atomic mass is 16.5. The van der Waals surface area contributed by atoms with Crippen LogP contribution in [0.4, 0.5) is 0 Å². The van der Waals surface area contributed by atoms with Gasteiger partial charge >= 0.3 is 0 Å². The van der Waals surface area contributed by atoms with Gasteiger partial charge in [0.2, 0.25) is 0 Å². The molecule has 2 N–H and O–H groups in total. The van der Waals surface area contributed by atoms with Crippen LogP contribution in [0, 0.1) is 19.1 Å². The van der Waals surface area contributed by atoms with Gasteiger partial charge in [-0.05, 0) is 62.8 Å². The molecule has 2 rings (SSSR count). The second-order valence-corrected chi connectivity index (χ2v) is 5.56. The molecule has 3 heteroatoms. The first kappa shape index (κ1) is 13.4. The second kappa shape index (κ2) is 5.72. The third-order valence-electron chi connectivity index (χ3n) is 3.99. The molecular weight excluding hydrogens is 226 g/mol. The van der Waals surface area contributed by atoms with E-state index in [1.165, 1.54) is 19.3 Å². The lowest BCUT2D eigenvalue weighted by atomic mass is 9.95. The minimum Gasteiger partial charge on any atom is -0.634 e. The van der Waals surface area contributed by atoms with E-state index in [0.29, 0.717) is 17.4 Å². The molecule has 18 heavy (non-hydrogen) atoms. The number of hydroxylamine groups is 2. The summed E-state index contributed by atoms with van der Waals surface area (Å²) in [6.07, 6.45) is 5.80. The maximum atomic E-state index is 12.2. The van der Waals surface area contributed by atoms with E-state index in [9.17, 15) is 10.3 Å². The number of rotatable bonds is 3. The van der Waals surface area contributed by atoms with E-state index in [1.54, 1.807) is 0 Å². The Bertz CT molecular complexity index is 388. The first-order valence-electron chi connectivity index (χ1n) is 6.89. The minimum atomic E-state index is 0.271. The summed E-state index contributed by atoms with van der Waals surface area (Å²) in [4.78, 5) is 0. The number of hydrogen-bond acceptors (Lipinski definition) is 2. The number of hydrogen-bond donors (Lipinski definition) is 2. The third kappa shape index (κ3) is 3.03. The molecule has 1 aromatic carbocycles. The van der Waals surface area contributed by atoms with Gasteiger partial charge in [-0.2, -0.15) is 0 Å². The average Bonchev–Trinajstić information content (AvgIpc) is 2.37. The number of quaternary nitrogens is 1. The fourth-order valence-corrected chi connectivity index (χ4v) is 2.92. The predicted molar refractivity (Wildman–Crippen MR) is 72.5 cm³/mol. The summed E-state index contributed by atoms with van der Waals surface area (Å²) in [5.41, 5.74) is 2.77. The van der Waals surface area contributed by atoms with Crippen molar-refractivity contribution in [3.63, 3.8) is 0 Å². The molecule has 0 bridgehead atoms. The molecule has 1 atom stereocenters. The number of phenolic OH excluding ortho intramolecular Hbond substituents is 1. The van der Waals surface area contributed by atoms with Crippen molar-refractivity contribution in [3.05, 3.63) is 34.0 Å². The summed E-state index contributed by atoms with van der Waals surface area (Å²) >= 11 is 0. The fourth-order valence-electron chi connectivity index (χ4n) is 2.92. The molecule has 100 valence electrons. The van der Waals surface area contributed by atoms with Crippen LogP contribution >= 0.6 is 0 Å². The Morgan fingerprint density at radius 2 is 1.72 bits per heavy atom. The lowest BCUT2D eigenvalue weighted by Crippen LogP contribution is -3.10. The van der Waals surface area contributed by atoms with Gasteiger partial charge < -0.3 is 15.4 Å². The summed E-state index contributed by atoms with van der Waals surface area (Å²) in [7, 11) is 0. The van der Waals surface area contributed by atoms with Crippen LogP contribution in [0.25, 0.3) is 0 Å². The zero-order valence-electron chi connectivity index (χ0n) is 11.3. The standard InChI is InChI=1S/C15H23NO2/c1-11-8-13(9-12(2)15(11)17)10-16(18)14-6-4-3-5-7-14/h8-9,14,16-17H,3-7,10H2,1-2H3. The Kier molecular flexibility index (Phi) is 4.25. The number of aromatic hydroxyl groups is 1. The highest BCUT2D eigenvalue weighted by molar-refractivity contribution is 5.41. The van der Waals surface area contributed by atoms with Gasteiger partial charge in [-0.3, -0.25) is 0 Å². The van der Waals surface area contributed by atoms with Crippen molar-refractivity contribution < 1.29 is 10.2 Å². The van der Waals surface area contributed by atoms with Gasteiger partial charge in [0, 0.05) is 5.56 Å². The number of nitrogens with one attached hydrogen (secondary N) is 1. The summed E-state index contributed by atoms with van der Waals surface area (Å²) in [5.74, 6) is 0.351. The van der Waals surface area contributed by atoms with Crippen LogP contribution in [0.1, 0.15) is 48.8 Å². The van der Waals surface area contributed by atoms with Gasteiger partial charge in [-0.1, -0.05) is 6.42 Å². The molecule has 0 amide bonds. The molecule has 0 heterocycles. The molecule has 1 unspecified atom stereocenters. The Labute approximate surface area is 109 Å². The van der Waals surface area contributed by atoms with E-state index in [2.05, 4.69) is 0 Å². The first-order valence-corrected chi connectivity index (χ1v) is 6.89. The van der Waals surface area contributed by atoms with Crippen molar-refractivity contribution in [2.75, 3.05) is 0 Å². The van der Waals surface area contributed by atoms with Gasteiger partial charge in [-0.25, -0.2) is 0 Å². The van der Waals surface area contributed by atoms with Crippen LogP contribution in [0.2, 0.25) is 0 Å². The van der Waals surface area contributed by atoms with Gasteiger partial charge in [0.05, 0.1) is 6.04 Å². The Hall–Kier alpha value is -1.06. The van der Waals surface area contributed by atoms with Crippen molar-refractivity contribution in [1.29, 1.82) is 0 Å². The van der Waals surface area contributed by atoms with Crippen molar-refractivity contribution >= 4 is 0 Å².